The third-order valence-electron chi connectivity index (χ3n) is 4.29. The number of benzene rings is 3. The van der Waals surface area contributed by atoms with E-state index in [0.29, 0.717) is 27.4 Å². The Bertz CT molecular complexity index is 1130. The Kier molecular flexibility index (Phi) is 6.58. The molecule has 3 aromatic rings. The monoisotopic (exact) mass is 468 g/mol. The van der Waals surface area contributed by atoms with E-state index in [1.165, 1.54) is 16.4 Å². The van der Waals surface area contributed by atoms with E-state index in [0.717, 1.165) is 10.9 Å². The summed E-state index contributed by atoms with van der Waals surface area (Å²) in [7, 11) is 3.19. The zero-order valence-electron chi connectivity index (χ0n) is 15.9. The van der Waals surface area contributed by atoms with Crippen molar-refractivity contribution in [1.82, 2.24) is 4.90 Å². The average molecular weight is 470 g/mol. The second-order valence-corrected chi connectivity index (χ2v) is 7.91. The second kappa shape index (κ2) is 9.13. The van der Waals surface area contributed by atoms with Gasteiger partial charge in [0.2, 0.25) is 0 Å². The number of hydrogen-bond donors (Lipinski definition) is 0. The third-order valence-corrected chi connectivity index (χ3v) is 5.16. The first-order chi connectivity index (χ1) is 13.9. The Labute approximate surface area is 183 Å². The molecule has 0 aliphatic carbocycles. The number of halogens is 2. The van der Waals surface area contributed by atoms with E-state index in [2.05, 4.69) is 40.2 Å². The lowest BCUT2D eigenvalue weighted by Gasteiger charge is -2.12. The fourth-order valence-electron chi connectivity index (χ4n) is 2.83. The van der Waals surface area contributed by atoms with Crippen LogP contribution in [-0.4, -0.2) is 24.9 Å². The molecule has 0 aromatic heterocycles. The van der Waals surface area contributed by atoms with Crippen molar-refractivity contribution < 1.29 is 9.53 Å². The van der Waals surface area contributed by atoms with Crippen molar-refractivity contribution in [2.24, 2.45) is 0 Å². The normalized spacial score (nSPS) is 11.2. The molecule has 0 atom stereocenters. The fourth-order valence-corrected chi connectivity index (χ4v) is 3.82. The molecule has 0 spiro atoms. The summed E-state index contributed by atoms with van der Waals surface area (Å²) in [6.45, 7) is 0.362. The number of hydrogen-bond acceptors (Lipinski definition) is 3. The topological polar surface area (TPSA) is 53.3 Å². The first-order valence-corrected chi connectivity index (χ1v) is 9.99. The summed E-state index contributed by atoms with van der Waals surface area (Å²) in [5, 5.41) is 12.0. The van der Waals surface area contributed by atoms with Crippen LogP contribution in [-0.2, 0) is 11.4 Å². The minimum absolute atomic E-state index is 0.0304. The number of nitriles is 1. The summed E-state index contributed by atoms with van der Waals surface area (Å²) in [5.41, 5.74) is 1.69. The highest BCUT2D eigenvalue weighted by Gasteiger charge is 2.14. The van der Waals surface area contributed by atoms with Gasteiger partial charge in [-0.05, 0) is 62.1 Å². The Morgan fingerprint density at radius 1 is 1.17 bits per heavy atom. The summed E-state index contributed by atoms with van der Waals surface area (Å²) in [4.78, 5) is 13.4. The van der Waals surface area contributed by atoms with Crippen molar-refractivity contribution in [1.29, 1.82) is 5.26 Å². The van der Waals surface area contributed by atoms with Gasteiger partial charge in [0, 0.05) is 14.1 Å². The van der Waals surface area contributed by atoms with Gasteiger partial charge in [-0.15, -0.1) is 0 Å². The largest absolute Gasteiger partial charge is 0.486 e. The summed E-state index contributed by atoms with van der Waals surface area (Å²) in [6, 6.07) is 19.7. The lowest BCUT2D eigenvalue weighted by Crippen LogP contribution is -2.22. The molecule has 0 N–H and O–H groups in total. The van der Waals surface area contributed by atoms with E-state index >= 15 is 0 Å². The van der Waals surface area contributed by atoms with Crippen molar-refractivity contribution in [3.63, 3.8) is 0 Å². The molecule has 0 aliphatic heterocycles. The lowest BCUT2D eigenvalue weighted by molar-refractivity contribution is -0.124. The fraction of sp³-hybridized carbons (Fsp3) is 0.130. The van der Waals surface area contributed by atoms with Crippen LogP contribution >= 0.6 is 27.5 Å². The summed E-state index contributed by atoms with van der Waals surface area (Å²) >= 11 is 9.87. The molecule has 146 valence electrons. The molecule has 0 heterocycles. The van der Waals surface area contributed by atoms with Crippen molar-refractivity contribution in [2.75, 3.05) is 14.1 Å². The van der Waals surface area contributed by atoms with Crippen LogP contribution in [0.4, 0.5) is 0 Å². The van der Waals surface area contributed by atoms with Crippen LogP contribution < -0.4 is 4.74 Å². The first kappa shape index (κ1) is 20.9. The molecule has 0 unspecified atom stereocenters. The van der Waals surface area contributed by atoms with Crippen LogP contribution in [0.15, 0.2) is 64.6 Å². The zero-order valence-corrected chi connectivity index (χ0v) is 18.3. The molecular formula is C23H18BrClN2O2. The predicted molar refractivity (Wildman–Crippen MR) is 120 cm³/mol. The quantitative estimate of drug-likeness (QED) is 0.349. The van der Waals surface area contributed by atoms with Gasteiger partial charge < -0.3 is 9.64 Å². The Balaban J connectivity index is 1.82. The number of ether oxygens (including phenoxy) is 1. The van der Waals surface area contributed by atoms with Crippen molar-refractivity contribution in [2.45, 2.75) is 6.61 Å². The Hall–Kier alpha value is -2.81. The number of nitrogens with zero attached hydrogens (tertiary/aromatic N) is 2. The van der Waals surface area contributed by atoms with E-state index in [9.17, 15) is 10.1 Å². The maximum absolute atomic E-state index is 12.0. The van der Waals surface area contributed by atoms with Gasteiger partial charge in [0.25, 0.3) is 5.91 Å². The van der Waals surface area contributed by atoms with Crippen LogP contribution in [0.3, 0.4) is 0 Å². The molecule has 1 amide bonds. The number of fused-ring (bicyclic) bond motifs is 1. The van der Waals surface area contributed by atoms with Crippen molar-refractivity contribution >= 4 is 50.3 Å². The second-order valence-electron chi connectivity index (χ2n) is 6.65. The van der Waals surface area contributed by atoms with Gasteiger partial charge in [0.15, 0.2) is 5.75 Å². The zero-order chi connectivity index (χ0) is 21.0. The number of amides is 1. The van der Waals surface area contributed by atoms with Gasteiger partial charge in [-0.25, -0.2) is 0 Å². The average Bonchev–Trinajstić information content (AvgIpc) is 2.70. The minimum atomic E-state index is -0.364. The Morgan fingerprint density at radius 3 is 2.55 bits per heavy atom. The molecule has 0 fully saturated rings. The highest BCUT2D eigenvalue weighted by atomic mass is 79.9. The first-order valence-electron chi connectivity index (χ1n) is 8.82. The lowest BCUT2D eigenvalue weighted by atomic mass is 10.1. The third kappa shape index (κ3) is 4.97. The molecule has 0 saturated heterocycles. The van der Waals surface area contributed by atoms with Crippen LogP contribution in [0.25, 0.3) is 16.8 Å². The number of carbonyl (C=O) groups excluding carboxylic acids is 1. The van der Waals surface area contributed by atoms with E-state index in [1.807, 2.05) is 24.3 Å². The Morgan fingerprint density at radius 2 is 1.90 bits per heavy atom. The maximum Gasteiger partial charge on any atom is 0.264 e. The predicted octanol–water partition coefficient (Wildman–Crippen LogP) is 5.83. The maximum atomic E-state index is 12.0. The standard InChI is InChI=1S/C23H18BrClN2O2/c1-27(2)23(28)19(13-26)10-16-11-20(24)22(21(25)12-16)29-14-15-7-8-17-5-3-4-6-18(17)9-15/h3-12H,14H2,1-2H3/b19-10-. The SMILES string of the molecule is CN(C)C(=O)/C(C#N)=C\c1cc(Cl)c(OCc2ccc3ccccc3c2)c(Br)c1. The van der Waals surface area contributed by atoms with Crippen molar-refractivity contribution in [3.8, 4) is 11.8 Å². The molecule has 6 heteroatoms. The summed E-state index contributed by atoms with van der Waals surface area (Å²) < 4.78 is 6.58. The highest BCUT2D eigenvalue weighted by molar-refractivity contribution is 9.10. The molecule has 29 heavy (non-hydrogen) atoms. The number of likely N-dealkylation sites (N-methyl/N-ethyl adjacent to an activating group) is 1. The number of rotatable bonds is 5. The van der Waals surface area contributed by atoms with E-state index in [4.69, 9.17) is 16.3 Å². The van der Waals surface area contributed by atoms with Crippen LogP contribution in [0.1, 0.15) is 11.1 Å². The van der Waals surface area contributed by atoms with E-state index in [-0.39, 0.29) is 11.5 Å². The van der Waals surface area contributed by atoms with Crippen LogP contribution in [0, 0.1) is 11.3 Å². The summed E-state index contributed by atoms with van der Waals surface area (Å²) in [6.07, 6.45) is 1.51. The molecule has 0 bridgehead atoms. The minimum Gasteiger partial charge on any atom is -0.486 e. The molecule has 4 nitrogen and oxygen atoms in total. The van der Waals surface area contributed by atoms with Crippen LogP contribution in [0.2, 0.25) is 5.02 Å². The van der Waals surface area contributed by atoms with Crippen LogP contribution in [0.5, 0.6) is 5.75 Å². The molecule has 0 radical (unpaired) electrons. The van der Waals surface area contributed by atoms with Gasteiger partial charge in [0.1, 0.15) is 18.2 Å². The smallest absolute Gasteiger partial charge is 0.264 e. The van der Waals surface area contributed by atoms with E-state index < -0.39 is 0 Å². The molecule has 0 saturated carbocycles. The van der Waals surface area contributed by atoms with Gasteiger partial charge in [-0.3, -0.25) is 4.79 Å². The molecular weight excluding hydrogens is 452 g/mol. The highest BCUT2D eigenvalue weighted by Crippen LogP contribution is 2.36. The van der Waals surface area contributed by atoms with Gasteiger partial charge in [0.05, 0.1) is 9.50 Å². The molecule has 3 aromatic carbocycles. The molecule has 3 rings (SSSR count). The van der Waals surface area contributed by atoms with Gasteiger partial charge in [-0.2, -0.15) is 5.26 Å². The van der Waals surface area contributed by atoms with E-state index in [1.54, 1.807) is 26.2 Å². The van der Waals surface area contributed by atoms with Crippen molar-refractivity contribution in [3.05, 3.63) is 80.8 Å². The molecule has 0 aliphatic rings. The van der Waals surface area contributed by atoms with Gasteiger partial charge in [-0.1, -0.05) is 48.0 Å². The van der Waals surface area contributed by atoms with Gasteiger partial charge >= 0.3 is 0 Å². The number of carbonyl (C=O) groups is 1. The summed E-state index contributed by atoms with van der Waals surface area (Å²) in [5.74, 6) is 0.144.